The van der Waals surface area contributed by atoms with E-state index >= 15 is 0 Å². The first kappa shape index (κ1) is 12.9. The third-order valence-electron chi connectivity index (χ3n) is 1.56. The SMILES string of the molecule is Br.Cn1cc(C(O)CN=C(N)N)cn1. The Kier molecular flexibility index (Phi) is 5.18. The van der Waals surface area contributed by atoms with E-state index in [4.69, 9.17) is 11.5 Å². The van der Waals surface area contributed by atoms with Crippen molar-refractivity contribution in [3.05, 3.63) is 18.0 Å². The minimum Gasteiger partial charge on any atom is -0.386 e. The normalized spacial score (nSPS) is 11.6. The smallest absolute Gasteiger partial charge is 0.186 e. The van der Waals surface area contributed by atoms with Crippen LogP contribution in [0.2, 0.25) is 0 Å². The highest BCUT2D eigenvalue weighted by Gasteiger charge is 2.07. The molecule has 0 fully saturated rings. The maximum atomic E-state index is 9.51. The number of hydrogen-bond acceptors (Lipinski definition) is 3. The van der Waals surface area contributed by atoms with Crippen molar-refractivity contribution in [3.63, 3.8) is 0 Å². The molecule has 0 aliphatic heterocycles. The Morgan fingerprint density at radius 3 is 2.79 bits per heavy atom. The van der Waals surface area contributed by atoms with Gasteiger partial charge in [0.25, 0.3) is 0 Å². The van der Waals surface area contributed by atoms with E-state index in [-0.39, 0.29) is 29.5 Å². The Balaban J connectivity index is 0.00000169. The van der Waals surface area contributed by atoms with E-state index in [0.29, 0.717) is 5.56 Å². The van der Waals surface area contributed by atoms with Gasteiger partial charge in [0.15, 0.2) is 5.96 Å². The molecule has 0 saturated heterocycles. The van der Waals surface area contributed by atoms with Crippen molar-refractivity contribution in [2.75, 3.05) is 6.54 Å². The number of halogens is 1. The first-order chi connectivity index (χ1) is 6.09. The lowest BCUT2D eigenvalue weighted by atomic mass is 10.2. The number of aliphatic imine (C=N–C) groups is 1. The lowest BCUT2D eigenvalue weighted by Crippen LogP contribution is -2.23. The van der Waals surface area contributed by atoms with Crippen molar-refractivity contribution in [1.29, 1.82) is 0 Å². The lowest BCUT2D eigenvalue weighted by Gasteiger charge is -2.03. The molecule has 1 atom stereocenters. The van der Waals surface area contributed by atoms with Crippen molar-refractivity contribution in [3.8, 4) is 0 Å². The number of aryl methyl sites for hydroxylation is 1. The summed E-state index contributed by atoms with van der Waals surface area (Å²) in [5.74, 6) is -0.0251. The number of nitrogens with two attached hydrogens (primary N) is 2. The summed E-state index contributed by atoms with van der Waals surface area (Å²) in [4.78, 5) is 3.70. The minimum absolute atomic E-state index is 0. The molecule has 0 aromatic carbocycles. The van der Waals surface area contributed by atoms with Crippen LogP contribution >= 0.6 is 17.0 Å². The van der Waals surface area contributed by atoms with Gasteiger partial charge in [-0.1, -0.05) is 0 Å². The van der Waals surface area contributed by atoms with Crippen LogP contribution in [0.4, 0.5) is 0 Å². The molecule has 14 heavy (non-hydrogen) atoms. The third kappa shape index (κ3) is 3.75. The van der Waals surface area contributed by atoms with E-state index in [1.807, 2.05) is 0 Å². The zero-order valence-corrected chi connectivity index (χ0v) is 9.50. The van der Waals surface area contributed by atoms with E-state index in [0.717, 1.165) is 0 Å². The maximum absolute atomic E-state index is 9.51. The third-order valence-corrected chi connectivity index (χ3v) is 1.56. The van der Waals surface area contributed by atoms with Crippen LogP contribution in [0.15, 0.2) is 17.4 Å². The van der Waals surface area contributed by atoms with Crippen LogP contribution < -0.4 is 11.5 Å². The molecule has 1 heterocycles. The second-order valence-electron chi connectivity index (χ2n) is 2.73. The lowest BCUT2D eigenvalue weighted by molar-refractivity contribution is 0.187. The Morgan fingerprint density at radius 2 is 2.36 bits per heavy atom. The Bertz CT molecular complexity index is 307. The van der Waals surface area contributed by atoms with Crippen molar-refractivity contribution in [2.24, 2.45) is 23.5 Å². The molecule has 0 amide bonds. The van der Waals surface area contributed by atoms with E-state index in [9.17, 15) is 5.11 Å². The van der Waals surface area contributed by atoms with E-state index in [1.165, 1.54) is 0 Å². The maximum Gasteiger partial charge on any atom is 0.186 e. The molecule has 7 heteroatoms. The molecule has 0 radical (unpaired) electrons. The molecule has 0 aliphatic carbocycles. The van der Waals surface area contributed by atoms with Crippen molar-refractivity contribution >= 4 is 22.9 Å². The van der Waals surface area contributed by atoms with Gasteiger partial charge in [-0.3, -0.25) is 9.67 Å². The van der Waals surface area contributed by atoms with Crippen LogP contribution in [-0.4, -0.2) is 27.4 Å². The fraction of sp³-hybridized carbons (Fsp3) is 0.429. The topological polar surface area (TPSA) is 102 Å². The first-order valence-electron chi connectivity index (χ1n) is 3.81. The molecule has 0 spiro atoms. The summed E-state index contributed by atoms with van der Waals surface area (Å²) in [5.41, 5.74) is 10.9. The Hall–Kier alpha value is -1.08. The van der Waals surface area contributed by atoms with Gasteiger partial charge in [-0.2, -0.15) is 5.10 Å². The van der Waals surface area contributed by atoms with Gasteiger partial charge < -0.3 is 16.6 Å². The van der Waals surface area contributed by atoms with Crippen LogP contribution in [0.25, 0.3) is 0 Å². The highest BCUT2D eigenvalue weighted by molar-refractivity contribution is 8.93. The summed E-state index contributed by atoms with van der Waals surface area (Å²) in [6.07, 6.45) is 2.59. The second kappa shape index (κ2) is 5.61. The van der Waals surface area contributed by atoms with E-state index in [2.05, 4.69) is 10.1 Å². The molecule has 0 saturated carbocycles. The van der Waals surface area contributed by atoms with Gasteiger partial charge in [0.05, 0.1) is 12.7 Å². The average molecular weight is 264 g/mol. The number of hydrogen-bond donors (Lipinski definition) is 3. The molecule has 1 rings (SSSR count). The summed E-state index contributed by atoms with van der Waals surface area (Å²) < 4.78 is 1.61. The second-order valence-corrected chi connectivity index (χ2v) is 2.73. The molecular weight excluding hydrogens is 250 g/mol. The van der Waals surface area contributed by atoms with Gasteiger partial charge in [-0.25, -0.2) is 0 Å². The van der Waals surface area contributed by atoms with Gasteiger partial charge in [-0.15, -0.1) is 17.0 Å². The molecule has 1 unspecified atom stereocenters. The van der Waals surface area contributed by atoms with Gasteiger partial charge in [0.1, 0.15) is 6.10 Å². The number of rotatable bonds is 3. The highest BCUT2D eigenvalue weighted by Crippen LogP contribution is 2.10. The van der Waals surface area contributed by atoms with E-state index in [1.54, 1.807) is 24.1 Å². The first-order valence-corrected chi connectivity index (χ1v) is 3.81. The molecular formula is C7H14BrN5O. The summed E-state index contributed by atoms with van der Waals surface area (Å²) in [6, 6.07) is 0. The zero-order valence-electron chi connectivity index (χ0n) is 7.79. The minimum atomic E-state index is -0.698. The molecule has 1 aromatic heterocycles. The quantitative estimate of drug-likeness (QED) is 0.496. The number of nitrogens with zero attached hydrogens (tertiary/aromatic N) is 3. The van der Waals surface area contributed by atoms with E-state index < -0.39 is 6.10 Å². The Labute approximate surface area is 92.4 Å². The summed E-state index contributed by atoms with van der Waals surface area (Å²) in [6.45, 7) is 0.161. The zero-order chi connectivity index (χ0) is 9.84. The highest BCUT2D eigenvalue weighted by atomic mass is 79.9. The predicted molar refractivity (Wildman–Crippen MR) is 59.2 cm³/mol. The predicted octanol–water partition coefficient (Wildman–Crippen LogP) is -0.695. The molecule has 1 aromatic rings. The summed E-state index contributed by atoms with van der Waals surface area (Å²) >= 11 is 0. The van der Waals surface area contributed by atoms with Gasteiger partial charge in [0, 0.05) is 18.8 Å². The van der Waals surface area contributed by atoms with Crippen LogP contribution in [0.3, 0.4) is 0 Å². The number of aromatic nitrogens is 2. The van der Waals surface area contributed by atoms with Crippen LogP contribution in [0, 0.1) is 0 Å². The Morgan fingerprint density at radius 1 is 1.71 bits per heavy atom. The average Bonchev–Trinajstić information content (AvgIpc) is 2.47. The van der Waals surface area contributed by atoms with Crippen LogP contribution in [0.5, 0.6) is 0 Å². The number of guanidine groups is 1. The summed E-state index contributed by atoms with van der Waals surface area (Å²) in [5, 5.41) is 13.4. The fourth-order valence-electron chi connectivity index (χ4n) is 0.910. The monoisotopic (exact) mass is 263 g/mol. The molecule has 80 valence electrons. The molecule has 6 nitrogen and oxygen atoms in total. The fourth-order valence-corrected chi connectivity index (χ4v) is 0.910. The van der Waals surface area contributed by atoms with Gasteiger partial charge in [0.2, 0.25) is 0 Å². The van der Waals surface area contributed by atoms with Gasteiger partial charge >= 0.3 is 0 Å². The molecule has 0 bridgehead atoms. The van der Waals surface area contributed by atoms with Crippen LogP contribution in [0.1, 0.15) is 11.7 Å². The summed E-state index contributed by atoms with van der Waals surface area (Å²) in [7, 11) is 1.77. The molecule has 0 aliphatic rings. The van der Waals surface area contributed by atoms with Gasteiger partial charge in [-0.05, 0) is 0 Å². The van der Waals surface area contributed by atoms with Crippen LogP contribution in [-0.2, 0) is 7.05 Å². The van der Waals surface area contributed by atoms with Crippen molar-refractivity contribution < 1.29 is 5.11 Å². The number of aliphatic hydroxyl groups excluding tert-OH is 1. The molecule has 5 N–H and O–H groups in total. The largest absolute Gasteiger partial charge is 0.386 e. The standard InChI is InChI=1S/C7H13N5O.BrH/c1-12-4-5(2-11-12)6(13)3-10-7(8)9;/h2,4,6,13H,3H2,1H3,(H4,8,9,10);1H. The number of aliphatic hydroxyl groups is 1. The van der Waals surface area contributed by atoms with Crippen molar-refractivity contribution in [2.45, 2.75) is 6.10 Å². The van der Waals surface area contributed by atoms with Crippen molar-refractivity contribution in [1.82, 2.24) is 9.78 Å².